The lowest BCUT2D eigenvalue weighted by atomic mass is 9.92. The van der Waals surface area contributed by atoms with Gasteiger partial charge >= 0.3 is 0 Å². The van der Waals surface area contributed by atoms with E-state index in [-0.39, 0.29) is 12.0 Å². The van der Waals surface area contributed by atoms with Crippen LogP contribution < -0.4 is 4.74 Å². The van der Waals surface area contributed by atoms with Crippen LogP contribution in [0.5, 0.6) is 5.75 Å². The van der Waals surface area contributed by atoms with Gasteiger partial charge in [0.25, 0.3) is 0 Å². The number of nitriles is 1. The monoisotopic (exact) mass is 272 g/mol. The van der Waals surface area contributed by atoms with E-state index in [4.69, 9.17) is 10.00 Å². The Morgan fingerprint density at radius 2 is 2.30 bits per heavy atom. The number of benzene rings is 1. The van der Waals surface area contributed by atoms with E-state index < -0.39 is 12.1 Å². The fourth-order valence-electron chi connectivity index (χ4n) is 2.98. The van der Waals surface area contributed by atoms with E-state index >= 15 is 0 Å². The highest BCUT2D eigenvalue weighted by molar-refractivity contribution is 5.79. The van der Waals surface area contributed by atoms with E-state index in [1.54, 1.807) is 30.0 Å². The Kier molecular flexibility index (Phi) is 3.11. The van der Waals surface area contributed by atoms with Crippen molar-refractivity contribution >= 4 is 5.91 Å². The third-order valence-electron chi connectivity index (χ3n) is 4.02. The van der Waals surface area contributed by atoms with Crippen LogP contribution in [-0.2, 0) is 4.79 Å². The van der Waals surface area contributed by atoms with Gasteiger partial charge in [0.1, 0.15) is 18.0 Å². The Morgan fingerprint density at radius 1 is 1.50 bits per heavy atom. The third kappa shape index (κ3) is 1.93. The Labute approximate surface area is 117 Å². The molecule has 1 fully saturated rings. The molecular weight excluding hydrogens is 256 g/mol. The van der Waals surface area contributed by atoms with Crippen LogP contribution in [0, 0.1) is 11.3 Å². The van der Waals surface area contributed by atoms with E-state index in [1.165, 1.54) is 0 Å². The minimum absolute atomic E-state index is 0.0523. The van der Waals surface area contributed by atoms with Gasteiger partial charge < -0.3 is 14.7 Å². The molecule has 2 heterocycles. The molecule has 1 saturated heterocycles. The summed E-state index contributed by atoms with van der Waals surface area (Å²) in [6.45, 7) is 2.43. The highest BCUT2D eigenvalue weighted by Gasteiger charge is 2.41. The molecule has 0 unspecified atom stereocenters. The number of aliphatic hydroxyl groups excluding tert-OH is 1. The summed E-state index contributed by atoms with van der Waals surface area (Å²) in [5, 5.41) is 19.5. The number of hydrogen-bond donors (Lipinski definition) is 1. The molecule has 1 N–H and O–H groups in total. The zero-order valence-corrected chi connectivity index (χ0v) is 11.2. The lowest BCUT2D eigenvalue weighted by Gasteiger charge is -2.40. The second-order valence-electron chi connectivity index (χ2n) is 5.31. The first-order valence-corrected chi connectivity index (χ1v) is 6.80. The van der Waals surface area contributed by atoms with Crippen molar-refractivity contribution in [3.8, 4) is 11.8 Å². The first kappa shape index (κ1) is 12.9. The van der Waals surface area contributed by atoms with Crippen LogP contribution in [0.3, 0.4) is 0 Å². The van der Waals surface area contributed by atoms with E-state index in [0.717, 1.165) is 12.0 Å². The van der Waals surface area contributed by atoms with Crippen LogP contribution in [0.2, 0.25) is 0 Å². The van der Waals surface area contributed by atoms with Crippen LogP contribution >= 0.6 is 0 Å². The van der Waals surface area contributed by atoms with Crippen LogP contribution in [0.25, 0.3) is 0 Å². The molecule has 0 aromatic heterocycles. The van der Waals surface area contributed by atoms with Crippen molar-refractivity contribution < 1.29 is 14.6 Å². The molecule has 0 aliphatic carbocycles. The predicted molar refractivity (Wildman–Crippen MR) is 70.9 cm³/mol. The van der Waals surface area contributed by atoms with Gasteiger partial charge in [-0.1, -0.05) is 0 Å². The Balaban J connectivity index is 2.08. The number of ether oxygens (including phenoxy) is 1. The van der Waals surface area contributed by atoms with Gasteiger partial charge in [-0.15, -0.1) is 0 Å². The minimum atomic E-state index is -0.779. The lowest BCUT2D eigenvalue weighted by molar-refractivity contribution is -0.135. The molecule has 0 spiro atoms. The zero-order chi connectivity index (χ0) is 14.3. The largest absolute Gasteiger partial charge is 0.488 e. The van der Waals surface area contributed by atoms with E-state index in [1.807, 2.05) is 0 Å². The molecule has 3 rings (SSSR count). The standard InChI is InChI=1S/C15H16N2O3/c1-9-15(19)14(17-6-2-3-13(17)18)11-7-10(8-16)4-5-12(11)20-9/h4-5,7,9,14-15,19H,2-3,6H2,1H3/t9-,14+,15+/m1/s1. The summed E-state index contributed by atoms with van der Waals surface area (Å²) >= 11 is 0. The normalized spacial score (nSPS) is 28.8. The number of nitrogens with zero attached hydrogens (tertiary/aromatic N) is 2. The molecule has 0 saturated carbocycles. The lowest BCUT2D eigenvalue weighted by Crippen LogP contribution is -2.47. The summed E-state index contributed by atoms with van der Waals surface area (Å²) in [7, 11) is 0. The van der Waals surface area contributed by atoms with Crippen LogP contribution in [0.15, 0.2) is 18.2 Å². The number of hydrogen-bond acceptors (Lipinski definition) is 4. The highest BCUT2D eigenvalue weighted by atomic mass is 16.5. The molecule has 2 aliphatic rings. The number of likely N-dealkylation sites (tertiary alicyclic amines) is 1. The Morgan fingerprint density at radius 3 is 2.95 bits per heavy atom. The number of carbonyl (C=O) groups excluding carboxylic acids is 1. The number of fused-ring (bicyclic) bond motifs is 1. The van der Waals surface area contributed by atoms with Gasteiger partial charge in [0.15, 0.2) is 0 Å². The minimum Gasteiger partial charge on any atom is -0.488 e. The van der Waals surface area contributed by atoms with Crippen molar-refractivity contribution in [3.63, 3.8) is 0 Å². The summed E-state index contributed by atoms with van der Waals surface area (Å²) in [5.74, 6) is 0.697. The van der Waals surface area contributed by atoms with Crippen molar-refractivity contribution in [1.82, 2.24) is 4.90 Å². The topological polar surface area (TPSA) is 73.6 Å². The maximum Gasteiger partial charge on any atom is 0.223 e. The molecule has 0 bridgehead atoms. The molecule has 1 amide bonds. The zero-order valence-electron chi connectivity index (χ0n) is 11.2. The Hall–Kier alpha value is -2.06. The third-order valence-corrected chi connectivity index (χ3v) is 4.02. The molecule has 2 aliphatic heterocycles. The molecule has 0 radical (unpaired) electrons. The molecule has 5 nitrogen and oxygen atoms in total. The number of amides is 1. The highest BCUT2D eigenvalue weighted by Crippen LogP contribution is 2.40. The van der Waals surface area contributed by atoms with Crippen molar-refractivity contribution in [2.24, 2.45) is 0 Å². The van der Waals surface area contributed by atoms with Crippen molar-refractivity contribution in [2.45, 2.75) is 38.0 Å². The molecule has 3 atom stereocenters. The molecular formula is C15H16N2O3. The second-order valence-corrected chi connectivity index (χ2v) is 5.31. The molecule has 104 valence electrons. The quantitative estimate of drug-likeness (QED) is 0.837. The SMILES string of the molecule is C[C@H]1Oc2ccc(C#N)cc2[C@H](N2CCCC2=O)[C@H]1O. The molecule has 1 aromatic carbocycles. The first-order chi connectivity index (χ1) is 9.61. The Bertz CT molecular complexity index is 593. The predicted octanol–water partition coefficient (Wildman–Crippen LogP) is 1.36. The smallest absolute Gasteiger partial charge is 0.223 e. The average molecular weight is 272 g/mol. The maximum atomic E-state index is 12.0. The number of rotatable bonds is 1. The fourth-order valence-corrected chi connectivity index (χ4v) is 2.98. The van der Waals surface area contributed by atoms with E-state index in [0.29, 0.717) is 24.3 Å². The maximum absolute atomic E-state index is 12.0. The second kappa shape index (κ2) is 4.80. The van der Waals surface area contributed by atoms with Crippen molar-refractivity contribution in [2.75, 3.05) is 6.54 Å². The van der Waals surface area contributed by atoms with E-state index in [2.05, 4.69) is 6.07 Å². The van der Waals surface area contributed by atoms with Gasteiger partial charge in [-0.2, -0.15) is 5.26 Å². The molecule has 1 aromatic rings. The van der Waals surface area contributed by atoms with Gasteiger partial charge in [0.05, 0.1) is 17.7 Å². The number of carbonyl (C=O) groups is 1. The van der Waals surface area contributed by atoms with Gasteiger partial charge in [-0.3, -0.25) is 4.79 Å². The molecule has 5 heteroatoms. The van der Waals surface area contributed by atoms with Gasteiger partial charge in [0.2, 0.25) is 5.91 Å². The summed E-state index contributed by atoms with van der Waals surface area (Å²) in [5.41, 5.74) is 1.23. The van der Waals surface area contributed by atoms with E-state index in [9.17, 15) is 9.90 Å². The average Bonchev–Trinajstić information content (AvgIpc) is 2.86. The van der Waals surface area contributed by atoms with Gasteiger partial charge in [-0.05, 0) is 31.5 Å². The number of aliphatic hydroxyl groups is 1. The van der Waals surface area contributed by atoms with Crippen LogP contribution in [0.4, 0.5) is 0 Å². The first-order valence-electron chi connectivity index (χ1n) is 6.80. The van der Waals surface area contributed by atoms with Gasteiger partial charge in [0, 0.05) is 18.5 Å². The fraction of sp³-hybridized carbons (Fsp3) is 0.467. The van der Waals surface area contributed by atoms with Crippen LogP contribution in [-0.4, -0.2) is 34.7 Å². The van der Waals surface area contributed by atoms with Crippen molar-refractivity contribution in [1.29, 1.82) is 5.26 Å². The summed E-state index contributed by atoms with van der Waals surface area (Å²) in [4.78, 5) is 13.7. The summed E-state index contributed by atoms with van der Waals surface area (Å²) in [6.07, 6.45) is 0.170. The summed E-state index contributed by atoms with van der Waals surface area (Å²) in [6, 6.07) is 6.80. The summed E-state index contributed by atoms with van der Waals surface area (Å²) < 4.78 is 5.67. The van der Waals surface area contributed by atoms with Crippen molar-refractivity contribution in [3.05, 3.63) is 29.3 Å². The van der Waals surface area contributed by atoms with Crippen LogP contribution in [0.1, 0.15) is 36.9 Å². The van der Waals surface area contributed by atoms with Gasteiger partial charge in [-0.25, -0.2) is 0 Å². The molecule has 20 heavy (non-hydrogen) atoms.